The van der Waals surface area contributed by atoms with Gasteiger partial charge in [0.2, 0.25) is 0 Å². The number of nitro groups is 1. The highest BCUT2D eigenvalue weighted by atomic mass is 35.5. The van der Waals surface area contributed by atoms with Crippen molar-refractivity contribution in [3.05, 3.63) is 45.5 Å². The van der Waals surface area contributed by atoms with E-state index < -0.39 is 4.92 Å². The first-order chi connectivity index (χ1) is 8.95. The van der Waals surface area contributed by atoms with E-state index in [2.05, 4.69) is 17.2 Å². The molecule has 0 unspecified atom stereocenters. The largest absolute Gasteiger partial charge is 0.375 e. The summed E-state index contributed by atoms with van der Waals surface area (Å²) in [5, 5.41) is 16.6. The van der Waals surface area contributed by atoms with E-state index >= 15 is 0 Å². The molecule has 1 aromatic carbocycles. The van der Waals surface area contributed by atoms with E-state index in [0.29, 0.717) is 17.1 Å². The van der Waals surface area contributed by atoms with Gasteiger partial charge in [-0.25, -0.2) is 0 Å². The maximum atomic E-state index is 11.7. The average Bonchev–Trinajstić information content (AvgIpc) is 2.36. The van der Waals surface area contributed by atoms with Crippen LogP contribution in [0.5, 0.6) is 0 Å². The molecule has 0 bridgehead atoms. The van der Waals surface area contributed by atoms with Crippen LogP contribution in [0, 0.1) is 10.1 Å². The third-order valence-electron chi connectivity index (χ3n) is 2.26. The molecule has 0 aliphatic carbocycles. The standard InChI is InChI=1S/C12H14ClN3O3/c1-3-14-12(17)9-4-5-11(16(18)19)10(6-9)15-7-8(2)13/h4-6,15H,2-3,7H2,1H3,(H,14,17). The van der Waals surface area contributed by atoms with Gasteiger partial charge in [-0.1, -0.05) is 18.2 Å². The first-order valence-corrected chi connectivity index (χ1v) is 5.97. The molecular formula is C12H14ClN3O3. The normalized spacial score (nSPS) is 9.79. The lowest BCUT2D eigenvalue weighted by molar-refractivity contribution is -0.384. The average molecular weight is 284 g/mol. The number of hydrogen-bond donors (Lipinski definition) is 2. The number of nitro benzene ring substituents is 1. The first-order valence-electron chi connectivity index (χ1n) is 5.59. The second-order valence-electron chi connectivity index (χ2n) is 3.72. The van der Waals surface area contributed by atoms with Crippen molar-refractivity contribution in [3.8, 4) is 0 Å². The van der Waals surface area contributed by atoms with Gasteiger partial charge in [-0.2, -0.15) is 0 Å². The van der Waals surface area contributed by atoms with Gasteiger partial charge in [0.25, 0.3) is 11.6 Å². The van der Waals surface area contributed by atoms with Gasteiger partial charge in [0, 0.05) is 23.2 Å². The lowest BCUT2D eigenvalue weighted by Gasteiger charge is -2.08. The molecule has 0 aliphatic heterocycles. The predicted octanol–water partition coefficient (Wildman–Crippen LogP) is 2.51. The monoisotopic (exact) mass is 283 g/mol. The van der Waals surface area contributed by atoms with Crippen LogP contribution in [0.2, 0.25) is 0 Å². The van der Waals surface area contributed by atoms with E-state index in [1.807, 2.05) is 0 Å². The smallest absolute Gasteiger partial charge is 0.292 e. The molecule has 0 heterocycles. The predicted molar refractivity (Wildman–Crippen MR) is 74.6 cm³/mol. The summed E-state index contributed by atoms with van der Waals surface area (Å²) in [6.45, 7) is 5.94. The SMILES string of the molecule is C=C(Cl)CNc1cc(C(=O)NCC)ccc1[N+](=O)[O-]. The highest BCUT2D eigenvalue weighted by Gasteiger charge is 2.16. The summed E-state index contributed by atoms with van der Waals surface area (Å²) < 4.78 is 0. The third-order valence-corrected chi connectivity index (χ3v) is 2.40. The molecule has 1 rings (SSSR count). The van der Waals surface area contributed by atoms with Crippen molar-refractivity contribution in [1.82, 2.24) is 5.32 Å². The molecular weight excluding hydrogens is 270 g/mol. The number of amides is 1. The number of halogens is 1. The zero-order valence-corrected chi connectivity index (χ0v) is 11.2. The molecule has 1 aromatic rings. The van der Waals surface area contributed by atoms with Gasteiger partial charge in [0.15, 0.2) is 0 Å². The van der Waals surface area contributed by atoms with E-state index in [-0.39, 0.29) is 23.8 Å². The van der Waals surface area contributed by atoms with Gasteiger partial charge < -0.3 is 10.6 Å². The van der Waals surface area contributed by atoms with Gasteiger partial charge in [-0.3, -0.25) is 14.9 Å². The number of carbonyl (C=O) groups is 1. The molecule has 0 saturated heterocycles. The maximum Gasteiger partial charge on any atom is 0.292 e. The summed E-state index contributed by atoms with van der Waals surface area (Å²) in [5.74, 6) is -0.287. The zero-order chi connectivity index (χ0) is 14.4. The minimum Gasteiger partial charge on any atom is -0.375 e. The fourth-order valence-electron chi connectivity index (χ4n) is 1.43. The van der Waals surface area contributed by atoms with E-state index in [1.165, 1.54) is 18.2 Å². The number of nitrogens with zero attached hydrogens (tertiary/aromatic N) is 1. The number of rotatable bonds is 6. The minimum absolute atomic E-state index is 0.119. The van der Waals surface area contributed by atoms with Gasteiger partial charge in [0.1, 0.15) is 5.69 Å². The molecule has 19 heavy (non-hydrogen) atoms. The topological polar surface area (TPSA) is 84.3 Å². The van der Waals surface area contributed by atoms with Gasteiger partial charge >= 0.3 is 0 Å². The van der Waals surface area contributed by atoms with Crippen LogP contribution >= 0.6 is 11.6 Å². The number of nitrogens with one attached hydrogen (secondary N) is 2. The van der Waals surface area contributed by atoms with Crippen molar-refractivity contribution < 1.29 is 9.72 Å². The fraction of sp³-hybridized carbons (Fsp3) is 0.250. The second-order valence-corrected chi connectivity index (χ2v) is 4.25. The minimum atomic E-state index is -0.527. The molecule has 0 fully saturated rings. The van der Waals surface area contributed by atoms with Crippen LogP contribution in [0.1, 0.15) is 17.3 Å². The van der Waals surface area contributed by atoms with Crippen molar-refractivity contribution in [1.29, 1.82) is 0 Å². The van der Waals surface area contributed by atoms with Crippen LogP contribution in [-0.2, 0) is 0 Å². The Morgan fingerprint density at radius 3 is 2.74 bits per heavy atom. The van der Waals surface area contributed by atoms with Crippen molar-refractivity contribution in [3.63, 3.8) is 0 Å². The van der Waals surface area contributed by atoms with E-state index in [1.54, 1.807) is 6.92 Å². The lowest BCUT2D eigenvalue weighted by Crippen LogP contribution is -2.22. The Kier molecular flexibility index (Phi) is 5.32. The summed E-state index contributed by atoms with van der Waals surface area (Å²) in [6, 6.07) is 4.11. The van der Waals surface area contributed by atoms with E-state index in [9.17, 15) is 14.9 Å². The summed E-state index contributed by atoms with van der Waals surface area (Å²) in [6.07, 6.45) is 0. The Morgan fingerprint density at radius 2 is 2.21 bits per heavy atom. The summed E-state index contributed by atoms with van der Waals surface area (Å²) >= 11 is 5.61. The Hall–Kier alpha value is -2.08. The molecule has 1 amide bonds. The van der Waals surface area contributed by atoms with Gasteiger partial charge in [0.05, 0.1) is 11.5 Å². The summed E-state index contributed by atoms with van der Waals surface area (Å²) in [5.41, 5.74) is 0.455. The fourth-order valence-corrected chi connectivity index (χ4v) is 1.50. The molecule has 0 spiro atoms. The molecule has 2 N–H and O–H groups in total. The Labute approximate surface area is 115 Å². The number of carbonyl (C=O) groups excluding carboxylic acids is 1. The molecule has 0 radical (unpaired) electrons. The van der Waals surface area contributed by atoms with Crippen LogP contribution in [-0.4, -0.2) is 23.9 Å². The van der Waals surface area contributed by atoms with Crippen LogP contribution in [0.25, 0.3) is 0 Å². The summed E-state index contributed by atoms with van der Waals surface area (Å²) in [4.78, 5) is 22.0. The number of benzene rings is 1. The van der Waals surface area contributed by atoms with Crippen LogP contribution in [0.3, 0.4) is 0 Å². The Morgan fingerprint density at radius 1 is 1.53 bits per heavy atom. The van der Waals surface area contributed by atoms with E-state index in [0.717, 1.165) is 0 Å². The highest BCUT2D eigenvalue weighted by molar-refractivity contribution is 6.29. The number of hydrogen-bond acceptors (Lipinski definition) is 4. The molecule has 0 saturated carbocycles. The second kappa shape index (κ2) is 6.75. The van der Waals surface area contributed by atoms with Gasteiger partial charge in [-0.05, 0) is 19.1 Å². The molecule has 0 aromatic heterocycles. The summed E-state index contributed by atoms with van der Waals surface area (Å²) in [7, 11) is 0. The van der Waals surface area contributed by atoms with Crippen molar-refractivity contribution >= 4 is 28.9 Å². The zero-order valence-electron chi connectivity index (χ0n) is 10.4. The van der Waals surface area contributed by atoms with Crippen molar-refractivity contribution in [2.24, 2.45) is 0 Å². The molecule has 0 aliphatic rings. The third kappa shape index (κ3) is 4.26. The van der Waals surface area contributed by atoms with E-state index in [4.69, 9.17) is 11.6 Å². The Balaban J connectivity index is 3.06. The highest BCUT2D eigenvalue weighted by Crippen LogP contribution is 2.25. The Bertz CT molecular complexity index is 517. The van der Waals surface area contributed by atoms with Crippen LogP contribution < -0.4 is 10.6 Å². The molecule has 6 nitrogen and oxygen atoms in total. The van der Waals surface area contributed by atoms with Crippen LogP contribution in [0.4, 0.5) is 11.4 Å². The molecule has 0 atom stereocenters. The molecule has 7 heteroatoms. The quantitative estimate of drug-likeness (QED) is 0.620. The van der Waals surface area contributed by atoms with Crippen molar-refractivity contribution in [2.75, 3.05) is 18.4 Å². The first kappa shape index (κ1) is 15.0. The van der Waals surface area contributed by atoms with Crippen molar-refractivity contribution in [2.45, 2.75) is 6.92 Å². The maximum absolute atomic E-state index is 11.7. The lowest BCUT2D eigenvalue weighted by atomic mass is 10.1. The molecule has 102 valence electrons. The number of anilines is 1. The van der Waals surface area contributed by atoms with Gasteiger partial charge in [-0.15, -0.1) is 0 Å². The van der Waals surface area contributed by atoms with Crippen LogP contribution in [0.15, 0.2) is 29.8 Å².